The van der Waals surface area contributed by atoms with Gasteiger partial charge in [-0.25, -0.2) is 0 Å². The zero-order valence-electron chi connectivity index (χ0n) is 9.50. The summed E-state index contributed by atoms with van der Waals surface area (Å²) in [4.78, 5) is 7.82. The van der Waals surface area contributed by atoms with Crippen molar-refractivity contribution >= 4 is 17.3 Å². The predicted octanol–water partition coefficient (Wildman–Crippen LogP) is 1.51. The Hall–Kier alpha value is -1.91. The maximum Gasteiger partial charge on any atom is 0.269 e. The fourth-order valence-corrected chi connectivity index (χ4v) is 2.45. The SMILES string of the molecule is N#Cc1ccc(-c2nc(N3CCOCC3)no2)s1. The van der Waals surface area contributed by atoms with Gasteiger partial charge in [0.15, 0.2) is 0 Å². The van der Waals surface area contributed by atoms with Crippen molar-refractivity contribution in [1.82, 2.24) is 10.1 Å². The highest BCUT2D eigenvalue weighted by Gasteiger charge is 2.18. The van der Waals surface area contributed by atoms with Crippen molar-refractivity contribution in [3.8, 4) is 16.8 Å². The number of hydrogen-bond donors (Lipinski definition) is 0. The van der Waals surface area contributed by atoms with Crippen molar-refractivity contribution in [1.29, 1.82) is 5.26 Å². The molecule has 0 unspecified atom stereocenters. The first kappa shape index (κ1) is 11.2. The number of hydrogen-bond acceptors (Lipinski definition) is 7. The largest absolute Gasteiger partial charge is 0.378 e. The summed E-state index contributed by atoms with van der Waals surface area (Å²) >= 11 is 1.35. The van der Waals surface area contributed by atoms with Crippen molar-refractivity contribution < 1.29 is 9.26 Å². The minimum absolute atomic E-state index is 0.461. The molecule has 1 aliphatic rings. The van der Waals surface area contributed by atoms with Crippen LogP contribution in [0.25, 0.3) is 10.8 Å². The molecule has 0 aliphatic carbocycles. The van der Waals surface area contributed by atoms with Crippen molar-refractivity contribution in [2.24, 2.45) is 0 Å². The molecule has 6 nitrogen and oxygen atoms in total. The number of ether oxygens (including phenoxy) is 1. The van der Waals surface area contributed by atoms with E-state index in [0.29, 0.717) is 29.9 Å². The van der Waals surface area contributed by atoms with Crippen LogP contribution in [0.4, 0.5) is 5.95 Å². The van der Waals surface area contributed by atoms with Gasteiger partial charge < -0.3 is 14.2 Å². The van der Waals surface area contributed by atoms with Crippen LogP contribution < -0.4 is 4.90 Å². The third kappa shape index (κ3) is 2.08. The number of aromatic nitrogens is 2. The van der Waals surface area contributed by atoms with Crippen molar-refractivity contribution in [2.45, 2.75) is 0 Å². The molecule has 0 bridgehead atoms. The highest BCUT2D eigenvalue weighted by atomic mass is 32.1. The minimum Gasteiger partial charge on any atom is -0.378 e. The molecule has 7 heteroatoms. The Bertz CT molecular complexity index is 580. The molecule has 2 aromatic rings. The van der Waals surface area contributed by atoms with E-state index in [4.69, 9.17) is 14.5 Å². The van der Waals surface area contributed by atoms with E-state index in [2.05, 4.69) is 16.2 Å². The monoisotopic (exact) mass is 262 g/mol. The van der Waals surface area contributed by atoms with Crippen LogP contribution in [0.5, 0.6) is 0 Å². The quantitative estimate of drug-likeness (QED) is 0.816. The molecule has 3 heterocycles. The molecule has 92 valence electrons. The Kier molecular flexibility index (Phi) is 2.96. The van der Waals surface area contributed by atoms with Gasteiger partial charge in [0.05, 0.1) is 18.1 Å². The number of thiophene rings is 1. The van der Waals surface area contributed by atoms with Gasteiger partial charge in [0.1, 0.15) is 10.9 Å². The van der Waals surface area contributed by atoms with E-state index in [-0.39, 0.29) is 0 Å². The van der Waals surface area contributed by atoms with Gasteiger partial charge in [0, 0.05) is 13.1 Å². The van der Waals surface area contributed by atoms with E-state index in [0.717, 1.165) is 18.0 Å². The number of morpholine rings is 1. The van der Waals surface area contributed by atoms with Crippen LogP contribution in [-0.4, -0.2) is 36.4 Å². The summed E-state index contributed by atoms with van der Waals surface area (Å²) in [5.41, 5.74) is 0. The van der Waals surface area contributed by atoms with Crippen LogP contribution in [0.15, 0.2) is 16.7 Å². The summed E-state index contributed by atoms with van der Waals surface area (Å²) in [5, 5.41) is 12.7. The fourth-order valence-electron chi connectivity index (χ4n) is 1.72. The van der Waals surface area contributed by atoms with Crippen LogP contribution >= 0.6 is 11.3 Å². The fraction of sp³-hybridized carbons (Fsp3) is 0.364. The molecule has 0 spiro atoms. The summed E-state index contributed by atoms with van der Waals surface area (Å²) in [5.74, 6) is 1.04. The average Bonchev–Trinajstić information content (AvgIpc) is 3.08. The molecule has 0 radical (unpaired) electrons. The Morgan fingerprint density at radius 3 is 2.89 bits per heavy atom. The molecule has 3 rings (SSSR count). The topological polar surface area (TPSA) is 75.2 Å². The second-order valence-electron chi connectivity index (χ2n) is 3.77. The van der Waals surface area contributed by atoms with Gasteiger partial charge in [-0.3, -0.25) is 0 Å². The van der Waals surface area contributed by atoms with Crippen molar-refractivity contribution in [3.63, 3.8) is 0 Å². The van der Waals surface area contributed by atoms with Crippen molar-refractivity contribution in [3.05, 3.63) is 17.0 Å². The lowest BCUT2D eigenvalue weighted by atomic mass is 10.4. The first-order valence-corrected chi connectivity index (χ1v) is 6.35. The Balaban J connectivity index is 1.82. The number of nitrogens with zero attached hydrogens (tertiary/aromatic N) is 4. The van der Waals surface area contributed by atoms with Gasteiger partial charge in [0.25, 0.3) is 11.8 Å². The summed E-state index contributed by atoms with van der Waals surface area (Å²) in [6.45, 7) is 2.91. The van der Waals surface area contributed by atoms with E-state index in [1.165, 1.54) is 11.3 Å². The van der Waals surface area contributed by atoms with Gasteiger partial charge in [-0.2, -0.15) is 10.2 Å². The van der Waals surface area contributed by atoms with E-state index in [9.17, 15) is 0 Å². The second-order valence-corrected chi connectivity index (χ2v) is 4.86. The van der Waals surface area contributed by atoms with Gasteiger partial charge in [-0.05, 0) is 17.3 Å². The smallest absolute Gasteiger partial charge is 0.269 e. The lowest BCUT2D eigenvalue weighted by molar-refractivity contribution is 0.121. The Labute approximate surface area is 107 Å². The maximum absolute atomic E-state index is 8.78. The maximum atomic E-state index is 8.78. The van der Waals surface area contributed by atoms with E-state index in [1.54, 1.807) is 6.07 Å². The summed E-state index contributed by atoms with van der Waals surface area (Å²) in [6.07, 6.45) is 0. The molecule has 1 aliphatic heterocycles. The van der Waals surface area contributed by atoms with Gasteiger partial charge in [-0.1, -0.05) is 0 Å². The van der Waals surface area contributed by atoms with Gasteiger partial charge in [-0.15, -0.1) is 11.3 Å². The van der Waals surface area contributed by atoms with E-state index in [1.807, 2.05) is 11.0 Å². The zero-order chi connectivity index (χ0) is 12.4. The van der Waals surface area contributed by atoms with Crippen LogP contribution in [0, 0.1) is 11.3 Å². The average molecular weight is 262 g/mol. The molecule has 2 aromatic heterocycles. The molecule has 1 fully saturated rings. The lowest BCUT2D eigenvalue weighted by Gasteiger charge is -2.24. The number of nitriles is 1. The predicted molar refractivity (Wildman–Crippen MR) is 65.4 cm³/mol. The molecule has 1 saturated heterocycles. The van der Waals surface area contributed by atoms with E-state index < -0.39 is 0 Å². The lowest BCUT2D eigenvalue weighted by Crippen LogP contribution is -2.36. The zero-order valence-corrected chi connectivity index (χ0v) is 10.3. The molecular formula is C11H10N4O2S. The number of anilines is 1. The molecule has 18 heavy (non-hydrogen) atoms. The standard InChI is InChI=1S/C11H10N4O2S/c12-7-8-1-2-9(18-8)10-13-11(14-17-10)15-3-5-16-6-4-15/h1-2H,3-6H2. The third-order valence-electron chi connectivity index (χ3n) is 2.64. The van der Waals surface area contributed by atoms with Crippen LogP contribution in [0.3, 0.4) is 0 Å². The summed E-state index contributed by atoms with van der Waals surface area (Å²) in [7, 11) is 0. The number of rotatable bonds is 2. The molecule has 0 saturated carbocycles. The molecule has 0 atom stereocenters. The van der Waals surface area contributed by atoms with Gasteiger partial charge >= 0.3 is 0 Å². The van der Waals surface area contributed by atoms with Crippen molar-refractivity contribution in [2.75, 3.05) is 31.2 Å². The normalized spacial score (nSPS) is 15.6. The highest BCUT2D eigenvalue weighted by Crippen LogP contribution is 2.27. The first-order valence-electron chi connectivity index (χ1n) is 5.53. The van der Waals surface area contributed by atoms with E-state index >= 15 is 0 Å². The molecular weight excluding hydrogens is 252 g/mol. The summed E-state index contributed by atoms with van der Waals surface area (Å²) < 4.78 is 10.5. The van der Waals surface area contributed by atoms with Crippen LogP contribution in [-0.2, 0) is 4.74 Å². The second kappa shape index (κ2) is 4.76. The molecule has 0 amide bonds. The molecule has 0 aromatic carbocycles. The highest BCUT2D eigenvalue weighted by molar-refractivity contribution is 7.15. The van der Waals surface area contributed by atoms with Crippen LogP contribution in [0.1, 0.15) is 4.88 Å². The first-order chi connectivity index (χ1) is 8.86. The Morgan fingerprint density at radius 2 is 2.17 bits per heavy atom. The van der Waals surface area contributed by atoms with Crippen LogP contribution in [0.2, 0.25) is 0 Å². The Morgan fingerprint density at radius 1 is 1.33 bits per heavy atom. The summed E-state index contributed by atoms with van der Waals surface area (Å²) in [6, 6.07) is 5.66. The third-order valence-corrected chi connectivity index (χ3v) is 3.61. The van der Waals surface area contributed by atoms with Gasteiger partial charge in [0.2, 0.25) is 0 Å². The molecule has 0 N–H and O–H groups in total. The minimum atomic E-state index is 0.461.